The lowest BCUT2D eigenvalue weighted by Gasteiger charge is -2.10. The second kappa shape index (κ2) is 6.11. The summed E-state index contributed by atoms with van der Waals surface area (Å²) in [7, 11) is -3.89. The number of halogens is 2. The van der Waals surface area contributed by atoms with Crippen LogP contribution in [0.15, 0.2) is 33.8 Å². The van der Waals surface area contributed by atoms with Gasteiger partial charge in [-0.3, -0.25) is 0 Å². The molecule has 2 aromatic rings. The third-order valence-electron chi connectivity index (χ3n) is 2.47. The van der Waals surface area contributed by atoms with Crippen LogP contribution in [0.25, 0.3) is 0 Å². The zero-order valence-corrected chi connectivity index (χ0v) is 12.3. The fourth-order valence-electron chi connectivity index (χ4n) is 1.51. The SMILES string of the molecule is O=S(=O)(NCc1ccno1)c1cc(Cl)cc(CO)c1Cl. The van der Waals surface area contributed by atoms with Crippen molar-refractivity contribution < 1.29 is 18.0 Å². The number of nitrogens with zero attached hydrogens (tertiary/aromatic N) is 1. The maximum atomic E-state index is 12.2. The molecule has 0 aliphatic heterocycles. The maximum Gasteiger partial charge on any atom is 0.242 e. The molecule has 0 unspecified atom stereocenters. The molecule has 2 rings (SSSR count). The Morgan fingerprint density at radius 3 is 2.70 bits per heavy atom. The van der Waals surface area contributed by atoms with Crippen molar-refractivity contribution in [3.8, 4) is 0 Å². The number of rotatable bonds is 5. The molecule has 0 fully saturated rings. The van der Waals surface area contributed by atoms with Gasteiger partial charge in [0.1, 0.15) is 4.90 Å². The summed E-state index contributed by atoms with van der Waals surface area (Å²) >= 11 is 11.8. The Kier molecular flexibility index (Phi) is 4.66. The van der Waals surface area contributed by atoms with Crippen molar-refractivity contribution in [2.75, 3.05) is 0 Å². The fraction of sp³-hybridized carbons (Fsp3) is 0.182. The largest absolute Gasteiger partial charge is 0.392 e. The van der Waals surface area contributed by atoms with Crippen LogP contribution in [0.5, 0.6) is 0 Å². The molecule has 1 heterocycles. The van der Waals surface area contributed by atoms with E-state index in [1.807, 2.05) is 0 Å². The van der Waals surface area contributed by atoms with Gasteiger partial charge >= 0.3 is 0 Å². The lowest BCUT2D eigenvalue weighted by Crippen LogP contribution is -2.23. The van der Waals surface area contributed by atoms with Gasteiger partial charge in [0.2, 0.25) is 10.0 Å². The smallest absolute Gasteiger partial charge is 0.242 e. The summed E-state index contributed by atoms with van der Waals surface area (Å²) < 4.78 is 31.4. The van der Waals surface area contributed by atoms with Gasteiger partial charge in [0.05, 0.1) is 24.4 Å². The molecule has 0 radical (unpaired) electrons. The molecule has 1 aromatic heterocycles. The number of aliphatic hydroxyl groups is 1. The number of nitrogens with one attached hydrogen (secondary N) is 1. The van der Waals surface area contributed by atoms with Gasteiger partial charge in [-0.05, 0) is 17.7 Å². The number of benzene rings is 1. The van der Waals surface area contributed by atoms with Gasteiger partial charge in [-0.2, -0.15) is 0 Å². The molecule has 0 saturated carbocycles. The van der Waals surface area contributed by atoms with Gasteiger partial charge in [-0.1, -0.05) is 28.4 Å². The minimum atomic E-state index is -3.89. The predicted molar refractivity (Wildman–Crippen MR) is 72.9 cm³/mol. The molecule has 9 heteroatoms. The van der Waals surface area contributed by atoms with Crippen molar-refractivity contribution in [3.05, 3.63) is 45.8 Å². The summed E-state index contributed by atoms with van der Waals surface area (Å²) in [6, 6.07) is 4.15. The highest BCUT2D eigenvalue weighted by atomic mass is 35.5. The van der Waals surface area contributed by atoms with Crippen LogP contribution in [0.4, 0.5) is 0 Å². The van der Waals surface area contributed by atoms with Gasteiger partial charge in [0.25, 0.3) is 0 Å². The molecule has 1 aromatic carbocycles. The van der Waals surface area contributed by atoms with Crippen LogP contribution in [-0.4, -0.2) is 18.7 Å². The average molecular weight is 337 g/mol. The quantitative estimate of drug-likeness (QED) is 0.870. The van der Waals surface area contributed by atoms with E-state index in [-0.39, 0.29) is 27.0 Å². The molecule has 0 aliphatic rings. The number of sulfonamides is 1. The minimum absolute atomic E-state index is 0.0676. The third-order valence-corrected chi connectivity index (χ3v) is 4.67. The summed E-state index contributed by atoms with van der Waals surface area (Å²) in [5, 5.41) is 12.7. The fourth-order valence-corrected chi connectivity index (χ4v) is 3.42. The van der Waals surface area contributed by atoms with Crippen molar-refractivity contribution in [1.29, 1.82) is 0 Å². The molecule has 0 saturated heterocycles. The van der Waals surface area contributed by atoms with Gasteiger partial charge in [0.15, 0.2) is 5.76 Å². The zero-order valence-electron chi connectivity index (χ0n) is 10.0. The van der Waals surface area contributed by atoms with Crippen molar-refractivity contribution in [2.45, 2.75) is 18.0 Å². The molecule has 108 valence electrons. The van der Waals surface area contributed by atoms with Crippen LogP contribution in [0.3, 0.4) is 0 Å². The maximum absolute atomic E-state index is 12.2. The van der Waals surface area contributed by atoms with E-state index in [0.29, 0.717) is 5.76 Å². The number of aromatic nitrogens is 1. The highest BCUT2D eigenvalue weighted by molar-refractivity contribution is 7.89. The van der Waals surface area contributed by atoms with Gasteiger partial charge < -0.3 is 9.63 Å². The number of hydrogen-bond donors (Lipinski definition) is 2. The van der Waals surface area contributed by atoms with Gasteiger partial charge in [-0.15, -0.1) is 0 Å². The predicted octanol–water partition coefficient (Wildman–Crippen LogP) is 1.95. The number of aliphatic hydroxyl groups excluding tert-OH is 1. The third kappa shape index (κ3) is 3.31. The number of hydrogen-bond acceptors (Lipinski definition) is 5. The van der Waals surface area contributed by atoms with E-state index < -0.39 is 16.6 Å². The first-order valence-corrected chi connectivity index (χ1v) is 7.66. The van der Waals surface area contributed by atoms with E-state index in [2.05, 4.69) is 9.88 Å². The van der Waals surface area contributed by atoms with Crippen LogP contribution in [0.2, 0.25) is 10.0 Å². The van der Waals surface area contributed by atoms with E-state index >= 15 is 0 Å². The second-order valence-electron chi connectivity index (χ2n) is 3.84. The monoisotopic (exact) mass is 336 g/mol. The molecule has 0 aliphatic carbocycles. The van der Waals surface area contributed by atoms with E-state index in [0.717, 1.165) is 0 Å². The van der Waals surface area contributed by atoms with Crippen molar-refractivity contribution in [2.24, 2.45) is 0 Å². The first kappa shape index (κ1) is 15.3. The first-order chi connectivity index (χ1) is 9.44. The highest BCUT2D eigenvalue weighted by Gasteiger charge is 2.21. The molecule has 0 amide bonds. The Morgan fingerprint density at radius 2 is 2.10 bits per heavy atom. The Morgan fingerprint density at radius 1 is 1.35 bits per heavy atom. The van der Waals surface area contributed by atoms with Crippen LogP contribution < -0.4 is 4.72 Å². The second-order valence-corrected chi connectivity index (χ2v) is 6.39. The molecule has 2 N–H and O–H groups in total. The normalized spacial score (nSPS) is 11.8. The molecule has 0 atom stereocenters. The molecular formula is C11H10Cl2N2O4S. The Balaban J connectivity index is 2.31. The Bertz CT molecular complexity index is 701. The summed E-state index contributed by atoms with van der Waals surface area (Å²) in [6.45, 7) is -0.482. The topological polar surface area (TPSA) is 92.4 Å². The summed E-state index contributed by atoms with van der Waals surface area (Å²) in [5.41, 5.74) is 0.235. The van der Waals surface area contributed by atoms with Crippen molar-refractivity contribution in [3.63, 3.8) is 0 Å². The van der Waals surface area contributed by atoms with E-state index in [1.165, 1.54) is 24.4 Å². The summed E-state index contributed by atoms with van der Waals surface area (Å²) in [4.78, 5) is -0.199. The highest BCUT2D eigenvalue weighted by Crippen LogP contribution is 2.29. The van der Waals surface area contributed by atoms with Crippen LogP contribution >= 0.6 is 23.2 Å². The summed E-state index contributed by atoms with van der Waals surface area (Å²) in [6.07, 6.45) is 1.40. The van der Waals surface area contributed by atoms with E-state index in [9.17, 15) is 8.42 Å². The molecule has 20 heavy (non-hydrogen) atoms. The van der Waals surface area contributed by atoms with Crippen LogP contribution in [0, 0.1) is 0 Å². The zero-order chi connectivity index (χ0) is 14.8. The van der Waals surface area contributed by atoms with E-state index in [4.69, 9.17) is 32.8 Å². The van der Waals surface area contributed by atoms with E-state index in [1.54, 1.807) is 0 Å². The Hall–Kier alpha value is -1.12. The molecular weight excluding hydrogens is 327 g/mol. The van der Waals surface area contributed by atoms with Crippen LogP contribution in [0.1, 0.15) is 11.3 Å². The van der Waals surface area contributed by atoms with Gasteiger partial charge in [-0.25, -0.2) is 13.1 Å². The minimum Gasteiger partial charge on any atom is -0.392 e. The standard InChI is InChI=1S/C11H10Cl2N2O4S/c12-8-3-7(6-16)11(13)10(4-8)20(17,18)15-5-9-1-2-14-19-9/h1-4,15-16H,5-6H2. The van der Waals surface area contributed by atoms with Crippen LogP contribution in [-0.2, 0) is 23.2 Å². The first-order valence-electron chi connectivity index (χ1n) is 5.42. The lowest BCUT2D eigenvalue weighted by molar-refractivity contribution is 0.281. The lowest BCUT2D eigenvalue weighted by atomic mass is 10.2. The molecule has 6 nitrogen and oxygen atoms in total. The van der Waals surface area contributed by atoms with Gasteiger partial charge in [0, 0.05) is 11.1 Å². The molecule has 0 bridgehead atoms. The average Bonchev–Trinajstić information content (AvgIpc) is 2.92. The molecule has 0 spiro atoms. The van der Waals surface area contributed by atoms with Crippen molar-refractivity contribution in [1.82, 2.24) is 9.88 Å². The summed E-state index contributed by atoms with van der Waals surface area (Å²) in [5.74, 6) is 0.356. The Labute approximate surface area is 125 Å². The van der Waals surface area contributed by atoms with Crippen molar-refractivity contribution >= 4 is 33.2 Å².